The van der Waals surface area contributed by atoms with E-state index in [1.165, 1.54) is 53.3 Å². The van der Waals surface area contributed by atoms with E-state index in [0.29, 0.717) is 37.0 Å². The number of aromatic nitrogens is 2. The SMILES string of the molecule is COc1cc(CN2CCN(C3CC4(C3)CN(c3ccc(C(=O)NS(=O)(=O)c5ccc(NCC6CCC(C)(O)CC6)c([N+](=O)[O-])c5)c(Oc5cnc6[nH]cc(F)c6c5)c3)C4)[C@H](c3ccccc3C(C)C)C2)ccc1N1CC(OC)C1. The number of H-pyrrole nitrogens is 1. The zero-order valence-electron chi connectivity index (χ0n) is 45.4. The maximum atomic E-state index is 14.8. The molecule has 20 heteroatoms. The molecule has 18 nitrogen and oxygen atoms in total. The number of nitro groups is 1. The Hall–Kier alpha value is -6.84. The number of ether oxygens (including phenoxy) is 3. The van der Waals surface area contributed by atoms with E-state index in [4.69, 9.17) is 14.2 Å². The highest BCUT2D eigenvalue weighted by molar-refractivity contribution is 7.90. The van der Waals surface area contributed by atoms with Crippen molar-refractivity contribution in [3.8, 4) is 17.2 Å². The second-order valence-corrected chi connectivity index (χ2v) is 24.8. The molecule has 0 unspecified atom stereocenters. The molecule has 2 aromatic heterocycles. The fraction of sp³-hybridized carbons (Fsp3) is 0.458. The molecule has 5 fully saturated rings. The molecule has 6 aromatic rings. The van der Waals surface area contributed by atoms with Gasteiger partial charge in [-0.05, 0) is 116 Å². The van der Waals surface area contributed by atoms with Crippen LogP contribution in [0.3, 0.4) is 0 Å². The maximum Gasteiger partial charge on any atom is 0.293 e. The molecule has 1 atom stereocenters. The number of benzene rings is 4. The van der Waals surface area contributed by atoms with E-state index in [2.05, 4.69) is 95.9 Å². The van der Waals surface area contributed by atoms with Crippen molar-refractivity contribution >= 4 is 49.7 Å². The maximum absolute atomic E-state index is 14.8. The van der Waals surface area contributed by atoms with Gasteiger partial charge in [0.05, 0.1) is 51.5 Å². The minimum atomic E-state index is -4.65. The number of nitrogens with zero attached hydrogens (tertiary/aromatic N) is 6. The van der Waals surface area contributed by atoms with Crippen LogP contribution < -0.4 is 29.3 Å². The van der Waals surface area contributed by atoms with Crippen LogP contribution in [0.2, 0.25) is 0 Å². The largest absolute Gasteiger partial charge is 0.495 e. The predicted molar refractivity (Wildman–Crippen MR) is 300 cm³/mol. The molecule has 0 bridgehead atoms. The molecule has 3 aliphatic heterocycles. The van der Waals surface area contributed by atoms with Gasteiger partial charge in [-0.2, -0.15) is 0 Å². The van der Waals surface area contributed by atoms with E-state index < -0.39 is 42.9 Å². The predicted octanol–water partition coefficient (Wildman–Crippen LogP) is 9.37. The van der Waals surface area contributed by atoms with Gasteiger partial charge < -0.3 is 39.4 Å². The number of hydrogen-bond donors (Lipinski definition) is 4. The van der Waals surface area contributed by atoms with E-state index in [0.717, 1.165) is 101 Å². The lowest BCUT2D eigenvalue weighted by atomic mass is 9.59. The average Bonchev–Trinajstić information content (AvgIpc) is 3.92. The van der Waals surface area contributed by atoms with Gasteiger partial charge >= 0.3 is 0 Å². The summed E-state index contributed by atoms with van der Waals surface area (Å²) in [5.41, 5.74) is 5.02. The number of carbonyl (C=O) groups is 1. The summed E-state index contributed by atoms with van der Waals surface area (Å²) in [7, 11) is -1.16. The molecule has 5 heterocycles. The van der Waals surface area contributed by atoms with Gasteiger partial charge in [-0.1, -0.05) is 44.2 Å². The molecule has 4 N–H and O–H groups in total. The molecule has 3 saturated heterocycles. The van der Waals surface area contributed by atoms with Gasteiger partial charge in [0.15, 0.2) is 0 Å². The Morgan fingerprint density at radius 3 is 2.47 bits per heavy atom. The van der Waals surface area contributed by atoms with E-state index in [9.17, 15) is 32.8 Å². The van der Waals surface area contributed by atoms with Crippen LogP contribution in [-0.2, 0) is 21.3 Å². The fourth-order valence-electron chi connectivity index (χ4n) is 12.6. The Labute approximate surface area is 460 Å². The van der Waals surface area contributed by atoms with E-state index >= 15 is 0 Å². The zero-order valence-corrected chi connectivity index (χ0v) is 46.2. The second-order valence-electron chi connectivity index (χ2n) is 23.1. The molecule has 1 amide bonds. The lowest BCUT2D eigenvalue weighted by Gasteiger charge is -2.63. The molecule has 11 rings (SSSR count). The summed E-state index contributed by atoms with van der Waals surface area (Å²) < 4.78 is 62.3. The summed E-state index contributed by atoms with van der Waals surface area (Å²) in [6.07, 6.45) is 7.58. The Morgan fingerprint density at radius 1 is 0.962 bits per heavy atom. The van der Waals surface area contributed by atoms with Gasteiger partial charge in [0, 0.05) is 108 Å². The first-order valence-corrected chi connectivity index (χ1v) is 28.9. The van der Waals surface area contributed by atoms with Gasteiger partial charge in [-0.25, -0.2) is 22.5 Å². The van der Waals surface area contributed by atoms with Crippen molar-refractivity contribution in [3.05, 3.63) is 136 Å². The third kappa shape index (κ3) is 11.2. The summed E-state index contributed by atoms with van der Waals surface area (Å²) in [6, 6.07) is 25.9. The van der Waals surface area contributed by atoms with Crippen molar-refractivity contribution in [1.29, 1.82) is 0 Å². The van der Waals surface area contributed by atoms with Crippen LogP contribution in [0.15, 0.2) is 102 Å². The number of nitrogens with one attached hydrogen (secondary N) is 3. The third-order valence-corrected chi connectivity index (χ3v) is 18.6. The van der Waals surface area contributed by atoms with Crippen LogP contribution in [-0.4, -0.2) is 128 Å². The molecular weight excluding hydrogens is 1030 g/mol. The number of carbonyl (C=O) groups excluding carboxylic acids is 1. The van der Waals surface area contributed by atoms with Crippen LogP contribution in [0.25, 0.3) is 11.0 Å². The normalized spacial score (nSPS) is 21.9. The summed E-state index contributed by atoms with van der Waals surface area (Å²) in [5, 5.41) is 25.9. The minimum absolute atomic E-state index is 0.0137. The van der Waals surface area contributed by atoms with Crippen LogP contribution in [0.1, 0.15) is 98.3 Å². The Morgan fingerprint density at radius 2 is 1.73 bits per heavy atom. The fourth-order valence-corrected chi connectivity index (χ4v) is 13.6. The molecule has 1 spiro atoms. The highest BCUT2D eigenvalue weighted by atomic mass is 32.2. The monoisotopic (exact) mass is 1100 g/mol. The average molecular weight is 1100 g/mol. The molecule has 0 radical (unpaired) electrons. The molecule has 418 valence electrons. The molecule has 2 saturated carbocycles. The molecule has 2 aliphatic carbocycles. The number of nitro benzene ring substituents is 1. The number of piperazine rings is 1. The number of pyridine rings is 1. The first-order chi connectivity index (χ1) is 37.9. The molecular formula is C59H70FN9O9S. The lowest BCUT2D eigenvalue weighted by molar-refractivity contribution is -0.384. The highest BCUT2D eigenvalue weighted by Gasteiger charge is 2.55. The molecule has 79 heavy (non-hydrogen) atoms. The first kappa shape index (κ1) is 54.1. The van der Waals surface area contributed by atoms with Gasteiger partial charge in [0.2, 0.25) is 0 Å². The second kappa shape index (κ2) is 21.7. The number of hydrogen-bond acceptors (Lipinski definition) is 15. The minimum Gasteiger partial charge on any atom is -0.495 e. The van der Waals surface area contributed by atoms with Crippen molar-refractivity contribution in [2.45, 2.75) is 100 Å². The number of sulfonamides is 1. The van der Waals surface area contributed by atoms with Crippen molar-refractivity contribution in [2.24, 2.45) is 11.3 Å². The van der Waals surface area contributed by atoms with E-state index in [-0.39, 0.29) is 51.6 Å². The van der Waals surface area contributed by atoms with Crippen molar-refractivity contribution < 1.29 is 41.8 Å². The summed E-state index contributed by atoms with van der Waals surface area (Å²) in [5.74, 6) is -0.0181. The summed E-state index contributed by atoms with van der Waals surface area (Å²) >= 11 is 0. The van der Waals surface area contributed by atoms with Crippen molar-refractivity contribution in [2.75, 3.05) is 81.7 Å². The number of anilines is 3. The number of aliphatic hydroxyl groups is 1. The Bertz CT molecular complexity index is 3360. The van der Waals surface area contributed by atoms with Crippen LogP contribution >= 0.6 is 0 Å². The number of methoxy groups -OCH3 is 2. The van der Waals surface area contributed by atoms with Gasteiger partial charge in [0.1, 0.15) is 34.4 Å². The third-order valence-electron chi connectivity index (χ3n) is 17.2. The summed E-state index contributed by atoms with van der Waals surface area (Å²) in [4.78, 5) is 42.1. The van der Waals surface area contributed by atoms with E-state index in [1.807, 2.05) is 0 Å². The van der Waals surface area contributed by atoms with Gasteiger partial charge in [-0.15, -0.1) is 0 Å². The van der Waals surface area contributed by atoms with Gasteiger partial charge in [-0.3, -0.25) is 24.7 Å². The standard InChI is InChI=1S/C59H70FN9O9S/c1-37(2)45-8-6-7-9-46(45)53-34-65(31-39-10-15-51(55(22-39)77-5)66-32-43(33-66)76-4)20-21-68(53)41-26-59(27-41)35-67(36-59)40-11-13-47(54(23-40)78-42-24-48-49(60)30-63-56(48)62-29-42)57(70)64-79(74,75)44-12-14-50(52(25-44)69(72)73)61-28-38-16-18-58(3,71)19-17-38/h6-15,22-25,29-30,37-38,41,43,53,61,71H,16-21,26-28,31-36H2,1-5H3,(H,62,63)(H,64,70)/t38?,53-,58?/m0/s1. The van der Waals surface area contributed by atoms with Crippen LogP contribution in [0.4, 0.5) is 27.1 Å². The van der Waals surface area contributed by atoms with Crippen molar-refractivity contribution in [1.82, 2.24) is 24.5 Å². The Kier molecular flexibility index (Phi) is 14.8. The van der Waals surface area contributed by atoms with Crippen LogP contribution in [0, 0.1) is 27.3 Å². The lowest BCUT2D eigenvalue weighted by Crippen LogP contribution is -2.68. The number of halogens is 1. The van der Waals surface area contributed by atoms with Crippen LogP contribution in [0.5, 0.6) is 17.2 Å². The number of fused-ring (bicyclic) bond motifs is 1. The number of rotatable bonds is 18. The topological polar surface area (TPSA) is 208 Å². The molecule has 4 aromatic carbocycles. The summed E-state index contributed by atoms with van der Waals surface area (Å²) in [6.45, 7) is 13.6. The Balaban J connectivity index is 0.785. The van der Waals surface area contributed by atoms with Crippen molar-refractivity contribution in [3.63, 3.8) is 0 Å². The number of aromatic amines is 1. The highest BCUT2D eigenvalue weighted by Crippen LogP contribution is 2.54. The first-order valence-electron chi connectivity index (χ1n) is 27.4. The number of amides is 1. The van der Waals surface area contributed by atoms with Gasteiger partial charge in [0.25, 0.3) is 21.6 Å². The molecule has 5 aliphatic rings. The van der Waals surface area contributed by atoms with E-state index in [1.54, 1.807) is 33.3 Å². The quantitative estimate of drug-likeness (QED) is 0.0467. The smallest absolute Gasteiger partial charge is 0.293 e. The zero-order chi connectivity index (χ0) is 55.4.